The van der Waals surface area contributed by atoms with Gasteiger partial charge in [-0.2, -0.15) is 0 Å². The maximum absolute atomic E-state index is 12.6. The predicted molar refractivity (Wildman–Crippen MR) is 134 cm³/mol. The van der Waals surface area contributed by atoms with Gasteiger partial charge in [-0.3, -0.25) is 15.2 Å². The number of amidine groups is 1. The summed E-state index contributed by atoms with van der Waals surface area (Å²) in [6.07, 6.45) is 2.08. The Morgan fingerprint density at radius 3 is 2.09 bits per heavy atom. The molecule has 0 amide bonds. The first-order valence-corrected chi connectivity index (χ1v) is 11.9. The van der Waals surface area contributed by atoms with Gasteiger partial charge in [0.05, 0.1) is 14.2 Å². The molecule has 2 aromatic rings. The summed E-state index contributed by atoms with van der Waals surface area (Å²) in [5.41, 5.74) is 8.45. The number of hydrogen-bond acceptors (Lipinski definition) is 7. The van der Waals surface area contributed by atoms with E-state index < -0.39 is 0 Å². The summed E-state index contributed by atoms with van der Waals surface area (Å²) in [7, 11) is 3.10. The normalized spacial score (nSPS) is 18.9. The maximum Gasteiger partial charge on any atom is 0.327 e. The number of rotatable bonds is 7. The summed E-state index contributed by atoms with van der Waals surface area (Å²) in [6.45, 7) is 5.75. The van der Waals surface area contributed by atoms with Crippen molar-refractivity contribution in [3.05, 3.63) is 59.7 Å². The minimum absolute atomic E-state index is 0.101. The molecule has 0 aliphatic carbocycles. The highest BCUT2D eigenvalue weighted by Gasteiger charge is 2.34. The summed E-state index contributed by atoms with van der Waals surface area (Å²) in [4.78, 5) is 19.9. The van der Waals surface area contributed by atoms with Gasteiger partial charge in [0, 0.05) is 56.6 Å². The molecular weight excluding hydrogens is 430 g/mol. The molecule has 8 heteroatoms. The molecule has 0 bridgehead atoms. The number of nitrogens with one attached hydrogen (secondary N) is 1. The number of nitrogens with zero attached hydrogens (tertiary/aromatic N) is 3. The molecule has 0 saturated carbocycles. The highest BCUT2D eigenvalue weighted by atomic mass is 16.5. The van der Waals surface area contributed by atoms with Crippen molar-refractivity contribution in [2.75, 3.05) is 58.4 Å². The third-order valence-corrected chi connectivity index (χ3v) is 7.09. The lowest BCUT2D eigenvalue weighted by Crippen LogP contribution is -2.54. The molecular formula is C26H35N5O3. The van der Waals surface area contributed by atoms with E-state index in [1.54, 1.807) is 7.11 Å². The van der Waals surface area contributed by atoms with Gasteiger partial charge in [0.15, 0.2) is 0 Å². The molecule has 8 nitrogen and oxygen atoms in total. The fourth-order valence-electron chi connectivity index (χ4n) is 5.10. The third-order valence-electron chi connectivity index (χ3n) is 7.09. The standard InChI is InChI=1S/C26H35N5O3/c1-33-23-9-5-19(6-10-23)24(26(32)34-2)31-13-11-22(12-14-31)30-17-15-29(16-18-30)21-7-3-20(4-8-21)25(27)28/h3-10,22,24H,11-18H2,1-2H3,(H3,27,28). The van der Waals surface area contributed by atoms with E-state index in [0.29, 0.717) is 6.04 Å². The Hall–Kier alpha value is -3.10. The number of carbonyl (C=O) groups excluding carboxylic acids is 1. The molecule has 3 N–H and O–H groups in total. The number of esters is 1. The van der Waals surface area contributed by atoms with Gasteiger partial charge in [-0.1, -0.05) is 12.1 Å². The van der Waals surface area contributed by atoms with Gasteiger partial charge in [0.25, 0.3) is 0 Å². The second-order valence-electron chi connectivity index (χ2n) is 8.95. The highest BCUT2D eigenvalue weighted by molar-refractivity contribution is 5.95. The minimum Gasteiger partial charge on any atom is -0.497 e. The van der Waals surface area contributed by atoms with Crippen LogP contribution in [0.4, 0.5) is 5.69 Å². The number of piperidine rings is 1. The quantitative estimate of drug-likeness (QED) is 0.368. The second-order valence-corrected chi connectivity index (χ2v) is 8.95. The van der Waals surface area contributed by atoms with Crippen molar-refractivity contribution in [3.8, 4) is 5.75 Å². The molecule has 4 rings (SSSR count). The fraction of sp³-hybridized carbons (Fsp3) is 0.462. The van der Waals surface area contributed by atoms with E-state index in [9.17, 15) is 4.79 Å². The van der Waals surface area contributed by atoms with E-state index in [-0.39, 0.29) is 17.8 Å². The van der Waals surface area contributed by atoms with Crippen molar-refractivity contribution in [3.63, 3.8) is 0 Å². The number of nitrogens with two attached hydrogens (primary N) is 1. The predicted octanol–water partition coefficient (Wildman–Crippen LogP) is 2.48. The average Bonchev–Trinajstić information content (AvgIpc) is 2.89. The van der Waals surface area contributed by atoms with E-state index in [1.807, 2.05) is 36.4 Å². The summed E-state index contributed by atoms with van der Waals surface area (Å²) >= 11 is 0. The van der Waals surface area contributed by atoms with Crippen molar-refractivity contribution in [1.29, 1.82) is 5.41 Å². The number of nitrogen functional groups attached to an aromatic ring is 1. The lowest BCUT2D eigenvalue weighted by molar-refractivity contribution is -0.148. The first-order chi connectivity index (χ1) is 16.5. The number of ether oxygens (including phenoxy) is 2. The fourth-order valence-corrected chi connectivity index (χ4v) is 5.10. The summed E-state index contributed by atoms with van der Waals surface area (Å²) < 4.78 is 10.4. The molecule has 2 heterocycles. The average molecular weight is 466 g/mol. The van der Waals surface area contributed by atoms with E-state index in [1.165, 1.54) is 12.8 Å². The Balaban J connectivity index is 1.32. The van der Waals surface area contributed by atoms with Crippen LogP contribution in [0.1, 0.15) is 30.0 Å². The second kappa shape index (κ2) is 10.9. The monoisotopic (exact) mass is 465 g/mol. The van der Waals surface area contributed by atoms with Gasteiger partial charge >= 0.3 is 5.97 Å². The molecule has 0 radical (unpaired) electrons. The number of methoxy groups -OCH3 is 2. The number of anilines is 1. The van der Waals surface area contributed by atoms with Crippen LogP contribution in [0.5, 0.6) is 5.75 Å². The van der Waals surface area contributed by atoms with Gasteiger partial charge in [0.2, 0.25) is 0 Å². The van der Waals surface area contributed by atoms with Crippen molar-refractivity contribution >= 4 is 17.5 Å². The first-order valence-electron chi connectivity index (χ1n) is 11.9. The maximum atomic E-state index is 12.6. The van der Waals surface area contributed by atoms with Gasteiger partial charge in [-0.05, 0) is 54.8 Å². The van der Waals surface area contributed by atoms with Crippen LogP contribution in [0.3, 0.4) is 0 Å². The largest absolute Gasteiger partial charge is 0.497 e. The van der Waals surface area contributed by atoms with Crippen molar-refractivity contribution in [2.45, 2.75) is 24.9 Å². The minimum atomic E-state index is -0.383. The molecule has 1 unspecified atom stereocenters. The Morgan fingerprint density at radius 2 is 1.56 bits per heavy atom. The van der Waals surface area contributed by atoms with Crippen LogP contribution in [0, 0.1) is 5.41 Å². The number of benzene rings is 2. The number of piperazine rings is 1. The van der Waals surface area contributed by atoms with E-state index >= 15 is 0 Å². The van der Waals surface area contributed by atoms with Crippen molar-refractivity contribution in [1.82, 2.24) is 9.80 Å². The van der Waals surface area contributed by atoms with Crippen LogP contribution in [0.15, 0.2) is 48.5 Å². The third kappa shape index (κ3) is 5.34. The molecule has 0 spiro atoms. The number of carbonyl (C=O) groups is 1. The van der Waals surface area contributed by atoms with E-state index in [0.717, 1.165) is 69.0 Å². The molecule has 34 heavy (non-hydrogen) atoms. The van der Waals surface area contributed by atoms with Crippen molar-refractivity contribution in [2.24, 2.45) is 5.73 Å². The zero-order chi connectivity index (χ0) is 24.1. The molecule has 2 aliphatic rings. The first kappa shape index (κ1) is 24.0. The highest BCUT2D eigenvalue weighted by Crippen LogP contribution is 2.29. The summed E-state index contributed by atoms with van der Waals surface area (Å²) in [5.74, 6) is 0.664. The van der Waals surface area contributed by atoms with Crippen LogP contribution in [-0.2, 0) is 9.53 Å². The summed E-state index contributed by atoms with van der Waals surface area (Å²) in [5, 5.41) is 7.55. The summed E-state index contributed by atoms with van der Waals surface area (Å²) in [6, 6.07) is 15.8. The van der Waals surface area contributed by atoms with Gasteiger partial charge in [0.1, 0.15) is 17.6 Å². The molecule has 2 aliphatic heterocycles. The van der Waals surface area contributed by atoms with Gasteiger partial charge in [-0.15, -0.1) is 0 Å². The van der Waals surface area contributed by atoms with Crippen molar-refractivity contribution < 1.29 is 14.3 Å². The van der Waals surface area contributed by atoms with Crippen LogP contribution in [0.25, 0.3) is 0 Å². The molecule has 1 atom stereocenters. The van der Waals surface area contributed by atoms with Gasteiger partial charge in [-0.25, -0.2) is 4.79 Å². The lowest BCUT2D eigenvalue weighted by Gasteiger charge is -2.44. The smallest absolute Gasteiger partial charge is 0.327 e. The van der Waals surface area contributed by atoms with E-state index in [4.69, 9.17) is 20.6 Å². The molecule has 2 aromatic carbocycles. The van der Waals surface area contributed by atoms with Crippen LogP contribution < -0.4 is 15.4 Å². The Labute approximate surface area is 201 Å². The Bertz CT molecular complexity index is 963. The number of hydrogen-bond donors (Lipinski definition) is 2. The van der Waals surface area contributed by atoms with Crippen LogP contribution >= 0.6 is 0 Å². The SMILES string of the molecule is COC(=O)C(c1ccc(OC)cc1)N1CCC(N2CCN(c3ccc(C(=N)N)cc3)CC2)CC1. The molecule has 182 valence electrons. The zero-order valence-electron chi connectivity index (χ0n) is 20.1. The number of likely N-dealkylation sites (tertiary alicyclic amines) is 1. The van der Waals surface area contributed by atoms with Crippen LogP contribution in [-0.4, -0.2) is 81.1 Å². The zero-order valence-corrected chi connectivity index (χ0v) is 20.1. The van der Waals surface area contributed by atoms with E-state index in [2.05, 4.69) is 26.8 Å². The molecule has 2 fully saturated rings. The molecule has 0 aromatic heterocycles. The van der Waals surface area contributed by atoms with Crippen LogP contribution in [0.2, 0.25) is 0 Å². The lowest BCUT2D eigenvalue weighted by atomic mass is 9.97. The molecule has 2 saturated heterocycles. The Kier molecular flexibility index (Phi) is 7.70. The van der Waals surface area contributed by atoms with Gasteiger partial charge < -0.3 is 20.1 Å². The Morgan fingerprint density at radius 1 is 0.941 bits per heavy atom. The topological polar surface area (TPSA) is 95.1 Å².